The predicted octanol–water partition coefficient (Wildman–Crippen LogP) is 2.53. The van der Waals surface area contributed by atoms with Gasteiger partial charge >= 0.3 is 0 Å². The second-order valence-electron chi connectivity index (χ2n) is 5.70. The molecule has 0 heterocycles. The Balaban J connectivity index is 2.56. The van der Waals surface area contributed by atoms with Crippen LogP contribution in [0.1, 0.15) is 52.9 Å². The molecule has 1 rings (SSSR count). The van der Waals surface area contributed by atoms with Crippen molar-refractivity contribution in [1.29, 1.82) is 0 Å². The predicted molar refractivity (Wildman–Crippen MR) is 74.7 cm³/mol. The molecule has 1 fully saturated rings. The third kappa shape index (κ3) is 4.33. The van der Waals surface area contributed by atoms with Crippen molar-refractivity contribution in [3.05, 3.63) is 0 Å². The minimum absolute atomic E-state index is 0.146. The first-order valence-corrected chi connectivity index (χ1v) is 6.98. The summed E-state index contributed by atoms with van der Waals surface area (Å²) in [4.78, 5) is 0. The molecule has 0 aromatic heterocycles. The van der Waals surface area contributed by atoms with E-state index in [-0.39, 0.29) is 5.54 Å². The van der Waals surface area contributed by atoms with Crippen molar-refractivity contribution >= 4 is 0 Å². The average Bonchev–Trinajstić information content (AvgIpc) is 2.53. The summed E-state index contributed by atoms with van der Waals surface area (Å²) < 4.78 is 0. The Bertz CT molecular complexity index is 274. The largest absolute Gasteiger partial charge is 0.329 e. The third-order valence-corrected chi connectivity index (χ3v) is 4.29. The highest BCUT2D eigenvalue weighted by atomic mass is 15.0. The van der Waals surface area contributed by atoms with Crippen molar-refractivity contribution in [2.24, 2.45) is 17.6 Å². The molecule has 98 valence electrons. The number of nitrogens with one attached hydrogen (secondary N) is 1. The van der Waals surface area contributed by atoms with Gasteiger partial charge in [-0.1, -0.05) is 32.6 Å². The van der Waals surface area contributed by atoms with Crippen LogP contribution in [0.2, 0.25) is 0 Å². The van der Waals surface area contributed by atoms with Gasteiger partial charge in [-0.3, -0.25) is 5.32 Å². The average molecular weight is 236 g/mol. The van der Waals surface area contributed by atoms with Gasteiger partial charge in [0.15, 0.2) is 0 Å². The van der Waals surface area contributed by atoms with E-state index in [9.17, 15) is 0 Å². The van der Waals surface area contributed by atoms with Crippen LogP contribution >= 0.6 is 0 Å². The lowest BCUT2D eigenvalue weighted by Gasteiger charge is -2.32. The number of nitrogens with two attached hydrogens (primary N) is 1. The SMILES string of the molecule is CC#CCNC1(CN)CCCC(C(C)C)CC1. The summed E-state index contributed by atoms with van der Waals surface area (Å²) in [5.41, 5.74) is 6.15. The number of hydrogen-bond acceptors (Lipinski definition) is 2. The van der Waals surface area contributed by atoms with Crippen LogP contribution in [-0.2, 0) is 0 Å². The molecule has 1 aliphatic rings. The molecule has 17 heavy (non-hydrogen) atoms. The fraction of sp³-hybridized carbons (Fsp3) is 0.867. The zero-order chi connectivity index (χ0) is 12.7. The van der Waals surface area contributed by atoms with Gasteiger partial charge in [0, 0.05) is 12.1 Å². The molecule has 2 heteroatoms. The molecule has 0 aromatic rings. The number of rotatable bonds is 4. The quantitative estimate of drug-likeness (QED) is 0.581. The van der Waals surface area contributed by atoms with Crippen molar-refractivity contribution in [2.45, 2.75) is 58.4 Å². The Kier molecular flexibility index (Phi) is 6.02. The molecule has 0 bridgehead atoms. The van der Waals surface area contributed by atoms with E-state index in [0.29, 0.717) is 0 Å². The van der Waals surface area contributed by atoms with Crippen molar-refractivity contribution in [1.82, 2.24) is 5.32 Å². The van der Waals surface area contributed by atoms with Gasteiger partial charge in [-0.25, -0.2) is 0 Å². The lowest BCUT2D eigenvalue weighted by atomic mass is 9.86. The van der Waals surface area contributed by atoms with Crippen LogP contribution in [0, 0.1) is 23.7 Å². The summed E-state index contributed by atoms with van der Waals surface area (Å²) in [6, 6.07) is 0. The van der Waals surface area contributed by atoms with Gasteiger partial charge in [-0.15, -0.1) is 5.92 Å². The van der Waals surface area contributed by atoms with Gasteiger partial charge in [-0.2, -0.15) is 0 Å². The van der Waals surface area contributed by atoms with Gasteiger partial charge < -0.3 is 5.73 Å². The molecule has 0 saturated heterocycles. The minimum atomic E-state index is 0.146. The van der Waals surface area contributed by atoms with E-state index in [2.05, 4.69) is 31.0 Å². The minimum Gasteiger partial charge on any atom is -0.329 e. The molecule has 0 amide bonds. The standard InChI is InChI=1S/C15H28N2/c1-4-5-11-17-15(12-16)9-6-7-14(8-10-15)13(2)3/h13-14,17H,6-12,16H2,1-3H3. The maximum absolute atomic E-state index is 6.00. The summed E-state index contributed by atoms with van der Waals surface area (Å²) in [6.45, 7) is 8.09. The normalized spacial score (nSPS) is 29.6. The highest BCUT2D eigenvalue weighted by Gasteiger charge is 2.31. The molecule has 1 aliphatic carbocycles. The first kappa shape index (κ1) is 14.5. The summed E-state index contributed by atoms with van der Waals surface area (Å²) >= 11 is 0. The van der Waals surface area contributed by atoms with Gasteiger partial charge in [0.2, 0.25) is 0 Å². The van der Waals surface area contributed by atoms with Crippen molar-refractivity contribution in [2.75, 3.05) is 13.1 Å². The summed E-state index contributed by atoms with van der Waals surface area (Å²) in [6.07, 6.45) is 6.38. The lowest BCUT2D eigenvalue weighted by molar-refractivity contribution is 0.288. The highest BCUT2D eigenvalue weighted by molar-refractivity contribution is 5.01. The van der Waals surface area contributed by atoms with Crippen LogP contribution in [0.25, 0.3) is 0 Å². The van der Waals surface area contributed by atoms with E-state index in [1.165, 1.54) is 32.1 Å². The van der Waals surface area contributed by atoms with Crippen molar-refractivity contribution in [3.8, 4) is 11.8 Å². The van der Waals surface area contributed by atoms with Gasteiger partial charge in [0.25, 0.3) is 0 Å². The second-order valence-corrected chi connectivity index (χ2v) is 5.70. The van der Waals surface area contributed by atoms with Crippen LogP contribution < -0.4 is 11.1 Å². The molecule has 2 unspecified atom stereocenters. The Hall–Kier alpha value is -0.520. The van der Waals surface area contributed by atoms with Gasteiger partial charge in [-0.05, 0) is 38.0 Å². The van der Waals surface area contributed by atoms with Crippen LogP contribution in [0.5, 0.6) is 0 Å². The Morgan fingerprint density at radius 2 is 2.12 bits per heavy atom. The third-order valence-electron chi connectivity index (χ3n) is 4.29. The van der Waals surface area contributed by atoms with Gasteiger partial charge in [0.05, 0.1) is 6.54 Å². The zero-order valence-corrected chi connectivity index (χ0v) is 11.7. The molecule has 1 saturated carbocycles. The Morgan fingerprint density at radius 3 is 2.71 bits per heavy atom. The monoisotopic (exact) mass is 236 g/mol. The summed E-state index contributed by atoms with van der Waals surface area (Å²) in [7, 11) is 0. The van der Waals surface area contributed by atoms with E-state index < -0.39 is 0 Å². The van der Waals surface area contributed by atoms with Crippen LogP contribution in [0.15, 0.2) is 0 Å². The first-order valence-electron chi connectivity index (χ1n) is 6.98. The molecule has 3 N–H and O–H groups in total. The number of hydrogen-bond donors (Lipinski definition) is 2. The first-order chi connectivity index (χ1) is 8.13. The van der Waals surface area contributed by atoms with E-state index in [1.54, 1.807) is 0 Å². The smallest absolute Gasteiger partial charge is 0.0581 e. The fourth-order valence-electron chi connectivity index (χ4n) is 2.87. The molecule has 0 aromatic carbocycles. The molecule has 2 nitrogen and oxygen atoms in total. The van der Waals surface area contributed by atoms with Crippen LogP contribution in [0.3, 0.4) is 0 Å². The summed E-state index contributed by atoms with van der Waals surface area (Å²) in [5, 5.41) is 3.59. The Labute approximate surface area is 107 Å². The van der Waals surface area contributed by atoms with Crippen LogP contribution in [0.4, 0.5) is 0 Å². The maximum atomic E-state index is 6.00. The van der Waals surface area contributed by atoms with Gasteiger partial charge in [0.1, 0.15) is 0 Å². The molecule has 0 aliphatic heterocycles. The summed E-state index contributed by atoms with van der Waals surface area (Å²) in [5.74, 6) is 7.71. The molecule has 0 radical (unpaired) electrons. The zero-order valence-electron chi connectivity index (χ0n) is 11.7. The second kappa shape index (κ2) is 7.03. The fourth-order valence-corrected chi connectivity index (χ4v) is 2.87. The van der Waals surface area contributed by atoms with E-state index >= 15 is 0 Å². The highest BCUT2D eigenvalue weighted by Crippen LogP contribution is 2.33. The Morgan fingerprint density at radius 1 is 1.35 bits per heavy atom. The molecule has 0 spiro atoms. The van der Waals surface area contributed by atoms with E-state index in [4.69, 9.17) is 5.73 Å². The lowest BCUT2D eigenvalue weighted by Crippen LogP contribution is -2.51. The molecular formula is C15H28N2. The topological polar surface area (TPSA) is 38.0 Å². The molecular weight excluding hydrogens is 208 g/mol. The molecule has 2 atom stereocenters. The van der Waals surface area contributed by atoms with Crippen molar-refractivity contribution in [3.63, 3.8) is 0 Å². The van der Waals surface area contributed by atoms with E-state index in [1.807, 2.05) is 6.92 Å². The maximum Gasteiger partial charge on any atom is 0.0581 e. The van der Waals surface area contributed by atoms with Crippen LogP contribution in [-0.4, -0.2) is 18.6 Å². The van der Waals surface area contributed by atoms with E-state index in [0.717, 1.165) is 24.9 Å². The van der Waals surface area contributed by atoms with Crippen molar-refractivity contribution < 1.29 is 0 Å².